The molecule has 0 radical (unpaired) electrons. The van der Waals surface area contributed by atoms with Gasteiger partial charge >= 0.3 is 0 Å². The lowest BCUT2D eigenvalue weighted by Crippen LogP contribution is -2.35. The lowest BCUT2D eigenvalue weighted by atomic mass is 9.89. The third kappa shape index (κ3) is 2.47. The van der Waals surface area contributed by atoms with Gasteiger partial charge in [0.05, 0.1) is 5.41 Å². The van der Waals surface area contributed by atoms with E-state index in [1.54, 1.807) is 19.1 Å². The predicted octanol–water partition coefficient (Wildman–Crippen LogP) is 2.07. The summed E-state index contributed by atoms with van der Waals surface area (Å²) in [6.07, 6.45) is 0.813. The van der Waals surface area contributed by atoms with E-state index in [1.807, 2.05) is 6.92 Å². The zero-order valence-corrected chi connectivity index (χ0v) is 10.1. The van der Waals surface area contributed by atoms with Crippen LogP contribution in [0.3, 0.4) is 0 Å². The monoisotopic (exact) mass is 236 g/mol. The second-order valence-corrected chi connectivity index (χ2v) is 4.91. The zero-order chi connectivity index (χ0) is 12.5. The van der Waals surface area contributed by atoms with Crippen molar-refractivity contribution in [1.29, 1.82) is 0 Å². The molecule has 2 rings (SSSR count). The summed E-state index contributed by atoms with van der Waals surface area (Å²) in [7, 11) is 0. The van der Waals surface area contributed by atoms with Crippen molar-refractivity contribution < 1.29 is 9.18 Å². The SMILES string of the molecule is Cc1ccc(NC(=O)C2(C)CCNC2)cc1F. The molecule has 1 atom stereocenters. The Labute approximate surface area is 100 Å². The molecule has 0 aliphatic carbocycles. The Morgan fingerprint density at radius 1 is 1.53 bits per heavy atom. The first-order valence-corrected chi connectivity index (χ1v) is 5.80. The summed E-state index contributed by atoms with van der Waals surface area (Å²) < 4.78 is 13.3. The molecule has 1 fully saturated rings. The Morgan fingerprint density at radius 2 is 2.29 bits per heavy atom. The minimum absolute atomic E-state index is 0.0502. The number of anilines is 1. The molecule has 0 bridgehead atoms. The first kappa shape index (κ1) is 12.0. The lowest BCUT2D eigenvalue weighted by Gasteiger charge is -2.21. The number of hydrogen-bond acceptors (Lipinski definition) is 2. The fourth-order valence-corrected chi connectivity index (χ4v) is 1.96. The fraction of sp³-hybridized carbons (Fsp3) is 0.462. The maximum absolute atomic E-state index is 13.3. The number of amides is 1. The average molecular weight is 236 g/mol. The summed E-state index contributed by atoms with van der Waals surface area (Å²) in [5, 5.41) is 5.94. The summed E-state index contributed by atoms with van der Waals surface area (Å²) in [5.41, 5.74) is 0.712. The number of carbonyl (C=O) groups is 1. The molecule has 1 heterocycles. The zero-order valence-electron chi connectivity index (χ0n) is 10.1. The molecule has 0 spiro atoms. The van der Waals surface area contributed by atoms with Crippen LogP contribution in [0.5, 0.6) is 0 Å². The van der Waals surface area contributed by atoms with Gasteiger partial charge in [-0.05, 0) is 44.5 Å². The van der Waals surface area contributed by atoms with Crippen LogP contribution in [-0.4, -0.2) is 19.0 Å². The van der Waals surface area contributed by atoms with Crippen molar-refractivity contribution in [2.45, 2.75) is 20.3 Å². The van der Waals surface area contributed by atoms with Gasteiger partial charge in [-0.15, -0.1) is 0 Å². The lowest BCUT2D eigenvalue weighted by molar-refractivity contribution is -0.123. The van der Waals surface area contributed by atoms with Crippen LogP contribution in [0.25, 0.3) is 0 Å². The van der Waals surface area contributed by atoms with E-state index in [9.17, 15) is 9.18 Å². The molecule has 3 nitrogen and oxygen atoms in total. The Kier molecular flexibility index (Phi) is 3.15. The van der Waals surface area contributed by atoms with Gasteiger partial charge in [0.2, 0.25) is 5.91 Å². The number of rotatable bonds is 2. The molecule has 1 aliphatic heterocycles. The standard InChI is InChI=1S/C13H17FN2O/c1-9-3-4-10(7-11(9)14)16-12(17)13(2)5-6-15-8-13/h3-4,7,15H,5-6,8H2,1-2H3,(H,16,17). The number of aryl methyl sites for hydroxylation is 1. The van der Waals surface area contributed by atoms with Gasteiger partial charge in [-0.25, -0.2) is 4.39 Å². The van der Waals surface area contributed by atoms with E-state index >= 15 is 0 Å². The first-order chi connectivity index (χ1) is 8.01. The highest BCUT2D eigenvalue weighted by Gasteiger charge is 2.36. The fourth-order valence-electron chi connectivity index (χ4n) is 1.96. The van der Waals surface area contributed by atoms with E-state index in [2.05, 4.69) is 10.6 Å². The van der Waals surface area contributed by atoms with E-state index in [0.29, 0.717) is 17.8 Å². The van der Waals surface area contributed by atoms with Crippen molar-refractivity contribution in [3.63, 3.8) is 0 Å². The molecular weight excluding hydrogens is 219 g/mol. The smallest absolute Gasteiger partial charge is 0.231 e. The molecule has 1 unspecified atom stereocenters. The van der Waals surface area contributed by atoms with Crippen LogP contribution in [0, 0.1) is 18.2 Å². The summed E-state index contributed by atoms with van der Waals surface area (Å²) in [5.74, 6) is -0.344. The minimum atomic E-state index is -0.388. The van der Waals surface area contributed by atoms with Gasteiger partial charge in [-0.2, -0.15) is 0 Å². The van der Waals surface area contributed by atoms with Gasteiger partial charge in [0.25, 0.3) is 0 Å². The number of hydrogen-bond donors (Lipinski definition) is 2. The number of nitrogens with one attached hydrogen (secondary N) is 2. The van der Waals surface area contributed by atoms with Crippen molar-refractivity contribution in [1.82, 2.24) is 5.32 Å². The maximum Gasteiger partial charge on any atom is 0.231 e. The molecular formula is C13H17FN2O. The van der Waals surface area contributed by atoms with E-state index in [-0.39, 0.29) is 17.1 Å². The molecule has 1 saturated heterocycles. The largest absolute Gasteiger partial charge is 0.325 e. The number of halogens is 1. The highest BCUT2D eigenvalue weighted by Crippen LogP contribution is 2.26. The van der Waals surface area contributed by atoms with Gasteiger partial charge in [-0.1, -0.05) is 6.07 Å². The average Bonchev–Trinajstić information content (AvgIpc) is 2.72. The van der Waals surface area contributed by atoms with E-state index in [4.69, 9.17) is 0 Å². The molecule has 4 heteroatoms. The molecule has 1 aromatic carbocycles. The maximum atomic E-state index is 13.3. The third-order valence-electron chi connectivity index (χ3n) is 3.35. The molecule has 2 N–H and O–H groups in total. The molecule has 1 aliphatic rings. The second-order valence-electron chi connectivity index (χ2n) is 4.91. The molecule has 0 aromatic heterocycles. The van der Waals surface area contributed by atoms with Crippen LogP contribution in [0.1, 0.15) is 18.9 Å². The molecule has 1 aromatic rings. The Bertz CT molecular complexity index is 439. The molecule has 0 saturated carbocycles. The predicted molar refractivity (Wildman–Crippen MR) is 65.4 cm³/mol. The van der Waals surface area contributed by atoms with Crippen LogP contribution >= 0.6 is 0 Å². The first-order valence-electron chi connectivity index (χ1n) is 5.80. The van der Waals surface area contributed by atoms with Gasteiger partial charge in [-0.3, -0.25) is 4.79 Å². The van der Waals surface area contributed by atoms with Gasteiger partial charge in [0.1, 0.15) is 5.82 Å². The number of carbonyl (C=O) groups excluding carboxylic acids is 1. The second kappa shape index (κ2) is 4.45. The Hall–Kier alpha value is -1.42. The molecule has 17 heavy (non-hydrogen) atoms. The van der Waals surface area contributed by atoms with Gasteiger partial charge in [0.15, 0.2) is 0 Å². The topological polar surface area (TPSA) is 41.1 Å². The van der Waals surface area contributed by atoms with Crippen molar-refractivity contribution >= 4 is 11.6 Å². The van der Waals surface area contributed by atoms with Gasteiger partial charge in [0, 0.05) is 12.2 Å². The van der Waals surface area contributed by atoms with Crippen molar-refractivity contribution in [3.05, 3.63) is 29.6 Å². The van der Waals surface area contributed by atoms with Crippen LogP contribution in [0.2, 0.25) is 0 Å². The van der Waals surface area contributed by atoms with Crippen molar-refractivity contribution in [2.24, 2.45) is 5.41 Å². The van der Waals surface area contributed by atoms with E-state index in [0.717, 1.165) is 13.0 Å². The van der Waals surface area contributed by atoms with E-state index in [1.165, 1.54) is 6.07 Å². The summed E-state index contributed by atoms with van der Waals surface area (Å²) in [6, 6.07) is 4.75. The van der Waals surface area contributed by atoms with Crippen LogP contribution in [0.15, 0.2) is 18.2 Å². The third-order valence-corrected chi connectivity index (χ3v) is 3.35. The van der Waals surface area contributed by atoms with Crippen molar-refractivity contribution in [3.8, 4) is 0 Å². The highest BCUT2D eigenvalue weighted by molar-refractivity contribution is 5.95. The minimum Gasteiger partial charge on any atom is -0.325 e. The van der Waals surface area contributed by atoms with Crippen LogP contribution in [0.4, 0.5) is 10.1 Å². The normalized spacial score (nSPS) is 23.7. The summed E-state index contributed by atoms with van der Waals surface area (Å²) in [4.78, 5) is 12.1. The van der Waals surface area contributed by atoms with Crippen molar-refractivity contribution in [2.75, 3.05) is 18.4 Å². The summed E-state index contributed by atoms with van der Waals surface area (Å²) >= 11 is 0. The Balaban J connectivity index is 2.10. The van der Waals surface area contributed by atoms with Gasteiger partial charge < -0.3 is 10.6 Å². The Morgan fingerprint density at radius 3 is 2.88 bits per heavy atom. The van der Waals surface area contributed by atoms with E-state index < -0.39 is 0 Å². The summed E-state index contributed by atoms with van der Waals surface area (Å²) in [6.45, 7) is 5.15. The molecule has 92 valence electrons. The number of benzene rings is 1. The molecule has 1 amide bonds. The van der Waals surface area contributed by atoms with Crippen LogP contribution in [-0.2, 0) is 4.79 Å². The highest BCUT2D eigenvalue weighted by atomic mass is 19.1. The quantitative estimate of drug-likeness (QED) is 0.825. The van der Waals surface area contributed by atoms with Crippen LogP contribution < -0.4 is 10.6 Å².